The van der Waals surface area contributed by atoms with Crippen LogP contribution in [0.25, 0.3) is 5.69 Å². The number of hydrogen-bond acceptors (Lipinski definition) is 1. The summed E-state index contributed by atoms with van der Waals surface area (Å²) in [6, 6.07) is 3.86. The third kappa shape index (κ3) is 3.71. The van der Waals surface area contributed by atoms with Gasteiger partial charge in [-0.25, -0.2) is 13.8 Å². The van der Waals surface area contributed by atoms with Crippen LogP contribution in [-0.2, 0) is 0 Å². The minimum Gasteiger partial charge on any atom is -0.297 e. The van der Waals surface area contributed by atoms with E-state index in [4.69, 9.17) is 4.98 Å². The van der Waals surface area contributed by atoms with Gasteiger partial charge in [0.15, 0.2) is 0 Å². The normalized spacial score (nSPS) is 20.0. The predicted molar refractivity (Wildman–Crippen MR) is 104 cm³/mol. The third-order valence-corrected chi connectivity index (χ3v) is 9.36. The summed E-state index contributed by atoms with van der Waals surface area (Å²) in [7, 11) is -0.428. The van der Waals surface area contributed by atoms with Crippen molar-refractivity contribution in [3.05, 3.63) is 42.2 Å². The Bertz CT molecular complexity index is 715. The molecule has 2 fully saturated rings. The molecule has 1 aromatic heterocycles. The van der Waals surface area contributed by atoms with Gasteiger partial charge in [0.1, 0.15) is 17.2 Å². The van der Waals surface area contributed by atoms with E-state index in [0.29, 0.717) is 17.0 Å². The van der Waals surface area contributed by atoms with Crippen LogP contribution < -0.4 is 5.57 Å². The Kier molecular flexibility index (Phi) is 5.69. The van der Waals surface area contributed by atoms with Crippen LogP contribution in [0.1, 0.15) is 64.2 Å². The number of imidazole rings is 1. The topological polar surface area (TPSA) is 17.8 Å². The van der Waals surface area contributed by atoms with E-state index in [1.165, 1.54) is 70.3 Å². The molecule has 26 heavy (non-hydrogen) atoms. The molecule has 0 atom stereocenters. The van der Waals surface area contributed by atoms with E-state index in [0.717, 1.165) is 11.6 Å². The molecule has 0 unspecified atom stereocenters. The summed E-state index contributed by atoms with van der Waals surface area (Å²) in [5.41, 5.74) is 2.88. The molecule has 0 bridgehead atoms. The minimum atomic E-state index is -0.533. The summed E-state index contributed by atoms with van der Waals surface area (Å²) in [4.78, 5) is 4.74. The summed E-state index contributed by atoms with van der Waals surface area (Å²) in [6.07, 6.45) is 16.7. The first-order chi connectivity index (χ1) is 12.7. The van der Waals surface area contributed by atoms with E-state index in [9.17, 15) is 8.78 Å². The quantitative estimate of drug-likeness (QED) is 0.606. The molecule has 140 valence electrons. The van der Waals surface area contributed by atoms with Gasteiger partial charge in [-0.1, -0.05) is 38.5 Å². The lowest BCUT2D eigenvalue weighted by molar-refractivity contribution is 0.486. The zero-order chi connectivity index (χ0) is 17.9. The minimum absolute atomic E-state index is 0.428. The molecule has 0 saturated heterocycles. The molecule has 0 spiro atoms. The zero-order valence-corrected chi connectivity index (χ0v) is 16.1. The SMILES string of the molecule is Fc1ccc(-n2ccnc2P(C2CCCCC2)C2CCCCC2)c(F)c1. The first kappa shape index (κ1) is 18.1. The van der Waals surface area contributed by atoms with Gasteiger partial charge in [0.25, 0.3) is 0 Å². The van der Waals surface area contributed by atoms with Crippen molar-refractivity contribution >= 4 is 13.5 Å². The largest absolute Gasteiger partial charge is 0.297 e. The van der Waals surface area contributed by atoms with Crippen molar-refractivity contribution in [1.82, 2.24) is 9.55 Å². The van der Waals surface area contributed by atoms with Crippen molar-refractivity contribution in [2.24, 2.45) is 0 Å². The third-order valence-electron chi connectivity index (χ3n) is 5.96. The Hall–Kier alpha value is -1.28. The highest BCUT2D eigenvalue weighted by Crippen LogP contribution is 2.54. The average molecular weight is 376 g/mol. The number of nitrogens with zero attached hydrogens (tertiary/aromatic N) is 2. The van der Waals surface area contributed by atoms with Crippen molar-refractivity contribution < 1.29 is 8.78 Å². The van der Waals surface area contributed by atoms with Gasteiger partial charge >= 0.3 is 0 Å². The summed E-state index contributed by atoms with van der Waals surface area (Å²) >= 11 is 0. The predicted octanol–water partition coefficient (Wildman–Crippen LogP) is 5.92. The second kappa shape index (κ2) is 8.17. The number of halogens is 2. The van der Waals surface area contributed by atoms with Gasteiger partial charge in [0, 0.05) is 18.5 Å². The standard InChI is InChI=1S/C21H27F2N2P/c22-16-11-12-20(19(23)15-16)25-14-13-24-21(25)26(17-7-3-1-4-8-17)18-9-5-2-6-10-18/h11-15,17-18H,1-10H2. The summed E-state index contributed by atoms with van der Waals surface area (Å²) in [5.74, 6) is -1.04. The molecule has 2 saturated carbocycles. The van der Waals surface area contributed by atoms with Crippen molar-refractivity contribution in [2.75, 3.05) is 0 Å². The Balaban J connectivity index is 1.72. The number of aromatic nitrogens is 2. The molecule has 0 N–H and O–H groups in total. The zero-order valence-electron chi connectivity index (χ0n) is 15.2. The van der Waals surface area contributed by atoms with Gasteiger partial charge in [0.2, 0.25) is 0 Å². The Morgan fingerprint density at radius 1 is 0.885 bits per heavy atom. The number of rotatable bonds is 4. The van der Waals surface area contributed by atoms with E-state index in [1.54, 1.807) is 12.3 Å². The monoisotopic (exact) mass is 376 g/mol. The van der Waals surface area contributed by atoms with Crippen LogP contribution in [0, 0.1) is 11.6 Å². The van der Waals surface area contributed by atoms with Crippen molar-refractivity contribution in [3.63, 3.8) is 0 Å². The first-order valence-electron chi connectivity index (χ1n) is 10.0. The molecule has 4 rings (SSSR count). The molecule has 5 heteroatoms. The molecule has 2 aromatic rings. The van der Waals surface area contributed by atoms with Crippen molar-refractivity contribution in [3.8, 4) is 5.69 Å². The van der Waals surface area contributed by atoms with Crippen LogP contribution in [0.2, 0.25) is 0 Å². The first-order valence-corrected chi connectivity index (χ1v) is 11.5. The van der Waals surface area contributed by atoms with Gasteiger partial charge < -0.3 is 0 Å². The van der Waals surface area contributed by atoms with Gasteiger partial charge in [0.05, 0.1) is 5.69 Å². The highest BCUT2D eigenvalue weighted by molar-refractivity contribution is 7.66. The van der Waals surface area contributed by atoms with Gasteiger partial charge in [-0.05, 0) is 57.1 Å². The van der Waals surface area contributed by atoms with E-state index in [-0.39, 0.29) is 0 Å². The van der Waals surface area contributed by atoms with Crippen LogP contribution >= 0.6 is 7.92 Å². The molecular formula is C21H27F2N2P. The molecule has 2 aliphatic rings. The van der Waals surface area contributed by atoms with Crippen LogP contribution in [0.4, 0.5) is 8.78 Å². The van der Waals surface area contributed by atoms with Gasteiger partial charge in [-0.2, -0.15) is 0 Å². The lowest BCUT2D eigenvalue weighted by Gasteiger charge is -2.38. The number of benzene rings is 1. The van der Waals surface area contributed by atoms with Crippen LogP contribution in [0.15, 0.2) is 30.6 Å². The molecule has 1 heterocycles. The summed E-state index contributed by atoms with van der Waals surface area (Å²) in [6.45, 7) is 0. The molecule has 1 aromatic carbocycles. The summed E-state index contributed by atoms with van der Waals surface area (Å²) in [5, 5.41) is 0. The lowest BCUT2D eigenvalue weighted by atomic mass is 9.99. The Morgan fingerprint density at radius 3 is 2.08 bits per heavy atom. The summed E-state index contributed by atoms with van der Waals surface area (Å²) < 4.78 is 29.7. The lowest BCUT2D eigenvalue weighted by Crippen LogP contribution is -2.30. The van der Waals surface area contributed by atoms with Gasteiger partial charge in [-0.15, -0.1) is 0 Å². The molecule has 0 radical (unpaired) electrons. The average Bonchev–Trinajstić information content (AvgIpc) is 3.13. The maximum absolute atomic E-state index is 14.5. The fraction of sp³-hybridized carbons (Fsp3) is 0.571. The fourth-order valence-electron chi connectivity index (χ4n) is 4.69. The smallest absolute Gasteiger partial charge is 0.150 e. The molecular weight excluding hydrogens is 349 g/mol. The van der Waals surface area contributed by atoms with E-state index < -0.39 is 19.6 Å². The van der Waals surface area contributed by atoms with Crippen LogP contribution in [0.5, 0.6) is 0 Å². The van der Waals surface area contributed by atoms with E-state index >= 15 is 0 Å². The maximum Gasteiger partial charge on any atom is 0.150 e. The van der Waals surface area contributed by atoms with Crippen molar-refractivity contribution in [1.29, 1.82) is 0 Å². The van der Waals surface area contributed by atoms with Crippen LogP contribution in [-0.4, -0.2) is 20.9 Å². The second-order valence-corrected chi connectivity index (χ2v) is 10.4. The Labute approximate surface area is 155 Å². The highest BCUT2D eigenvalue weighted by Gasteiger charge is 2.35. The Morgan fingerprint density at radius 2 is 1.50 bits per heavy atom. The highest BCUT2D eigenvalue weighted by atomic mass is 31.1. The van der Waals surface area contributed by atoms with Gasteiger partial charge in [-0.3, -0.25) is 4.57 Å². The molecule has 0 amide bonds. The van der Waals surface area contributed by atoms with E-state index in [1.807, 2.05) is 10.8 Å². The van der Waals surface area contributed by atoms with Crippen molar-refractivity contribution in [2.45, 2.75) is 75.5 Å². The number of hydrogen-bond donors (Lipinski definition) is 0. The van der Waals surface area contributed by atoms with Crippen LogP contribution in [0.3, 0.4) is 0 Å². The fourth-order valence-corrected chi connectivity index (χ4v) is 8.41. The maximum atomic E-state index is 14.5. The van der Waals surface area contributed by atoms with E-state index in [2.05, 4.69) is 0 Å². The molecule has 2 nitrogen and oxygen atoms in total. The molecule has 2 aliphatic carbocycles. The molecule has 0 aliphatic heterocycles. The second-order valence-electron chi connectivity index (χ2n) is 7.68.